The number of rotatable bonds is 9. The maximum absolute atomic E-state index is 12.0. The number of carboxylic acid groups (broad SMARTS) is 1. The summed E-state index contributed by atoms with van der Waals surface area (Å²) in [6.07, 6.45) is 4.53. The second kappa shape index (κ2) is 8.22. The summed E-state index contributed by atoms with van der Waals surface area (Å²) in [5.41, 5.74) is 1.85. The van der Waals surface area contributed by atoms with Gasteiger partial charge in [-0.3, -0.25) is 9.59 Å². The van der Waals surface area contributed by atoms with Crippen molar-refractivity contribution in [2.45, 2.75) is 32.1 Å². The molecule has 1 aromatic heterocycles. The number of aliphatic carboxylic acids is 1. The van der Waals surface area contributed by atoms with Crippen molar-refractivity contribution in [2.75, 3.05) is 13.7 Å². The van der Waals surface area contributed by atoms with Gasteiger partial charge in [-0.25, -0.2) is 0 Å². The van der Waals surface area contributed by atoms with E-state index in [1.54, 1.807) is 7.11 Å². The molecule has 0 radical (unpaired) electrons. The van der Waals surface area contributed by atoms with E-state index in [4.69, 9.17) is 9.84 Å². The second-order valence-corrected chi connectivity index (χ2v) is 5.43. The van der Waals surface area contributed by atoms with Crippen LogP contribution in [0.5, 0.6) is 5.75 Å². The molecule has 3 N–H and O–H groups in total. The molecule has 1 heterocycles. The summed E-state index contributed by atoms with van der Waals surface area (Å²) in [6.45, 7) is 0.567. The van der Waals surface area contributed by atoms with Crippen LogP contribution < -0.4 is 10.1 Å². The molecule has 0 bridgehead atoms. The number of aromatic amines is 1. The zero-order valence-corrected chi connectivity index (χ0v) is 13.2. The Morgan fingerprint density at radius 3 is 2.83 bits per heavy atom. The molecular formula is C17H22N2O4. The lowest BCUT2D eigenvalue weighted by Gasteiger charge is -2.06. The Morgan fingerprint density at radius 2 is 2.09 bits per heavy atom. The molecule has 6 nitrogen and oxygen atoms in total. The zero-order valence-electron chi connectivity index (χ0n) is 13.2. The quantitative estimate of drug-likeness (QED) is 0.619. The van der Waals surface area contributed by atoms with Crippen molar-refractivity contribution in [2.24, 2.45) is 0 Å². The number of benzene rings is 1. The molecule has 2 rings (SSSR count). The van der Waals surface area contributed by atoms with E-state index in [0.717, 1.165) is 35.1 Å². The Kier molecular flexibility index (Phi) is 6.02. The largest absolute Gasteiger partial charge is 0.496 e. The van der Waals surface area contributed by atoms with Crippen LogP contribution >= 0.6 is 0 Å². The molecule has 2 aromatic rings. The smallest absolute Gasteiger partial charge is 0.303 e. The van der Waals surface area contributed by atoms with Gasteiger partial charge in [-0.05, 0) is 30.5 Å². The lowest BCUT2D eigenvalue weighted by atomic mass is 10.1. The molecule has 0 aliphatic heterocycles. The van der Waals surface area contributed by atoms with E-state index in [9.17, 15) is 9.59 Å². The number of aromatic nitrogens is 1. The Hall–Kier alpha value is -2.50. The van der Waals surface area contributed by atoms with E-state index in [-0.39, 0.29) is 18.7 Å². The number of hydrogen-bond donors (Lipinski definition) is 3. The fourth-order valence-corrected chi connectivity index (χ4v) is 2.57. The van der Waals surface area contributed by atoms with Crippen LogP contribution in [0.4, 0.5) is 0 Å². The van der Waals surface area contributed by atoms with Crippen molar-refractivity contribution in [3.8, 4) is 5.75 Å². The fourth-order valence-electron chi connectivity index (χ4n) is 2.57. The van der Waals surface area contributed by atoms with Crippen LogP contribution in [-0.4, -0.2) is 35.6 Å². The maximum atomic E-state index is 12.0. The molecule has 0 unspecified atom stereocenters. The summed E-state index contributed by atoms with van der Waals surface area (Å²) in [5.74, 6) is -0.0717. The van der Waals surface area contributed by atoms with Crippen molar-refractivity contribution >= 4 is 22.8 Å². The first kappa shape index (κ1) is 16.9. The molecule has 0 atom stereocenters. The van der Waals surface area contributed by atoms with Crippen LogP contribution in [0.3, 0.4) is 0 Å². The molecule has 124 valence electrons. The molecule has 6 heteroatoms. The molecule has 23 heavy (non-hydrogen) atoms. The number of nitrogens with one attached hydrogen (secondary N) is 2. The van der Waals surface area contributed by atoms with Gasteiger partial charge in [0, 0.05) is 30.1 Å². The van der Waals surface area contributed by atoms with Crippen molar-refractivity contribution < 1.29 is 19.4 Å². The molecular weight excluding hydrogens is 296 g/mol. The minimum Gasteiger partial charge on any atom is -0.496 e. The number of unbranched alkanes of at least 4 members (excludes halogenated alkanes) is 2. The average Bonchev–Trinajstić information content (AvgIpc) is 2.93. The number of amides is 1. The van der Waals surface area contributed by atoms with E-state index < -0.39 is 5.97 Å². The minimum atomic E-state index is -0.776. The highest BCUT2D eigenvalue weighted by Gasteiger charge is 2.12. The van der Waals surface area contributed by atoms with Gasteiger partial charge in [0.05, 0.1) is 13.5 Å². The number of carboxylic acids is 1. The van der Waals surface area contributed by atoms with Gasteiger partial charge < -0.3 is 20.1 Å². The minimum absolute atomic E-state index is 0.0463. The SMILES string of the molecule is COc1cccc2[nH]cc(CC(=O)NCCCCCC(=O)O)c12. The van der Waals surface area contributed by atoms with Gasteiger partial charge in [0.25, 0.3) is 0 Å². The first-order valence-electron chi connectivity index (χ1n) is 7.73. The van der Waals surface area contributed by atoms with Gasteiger partial charge in [0.15, 0.2) is 0 Å². The number of carbonyl (C=O) groups is 2. The predicted molar refractivity (Wildman–Crippen MR) is 87.7 cm³/mol. The third-order valence-electron chi connectivity index (χ3n) is 3.71. The van der Waals surface area contributed by atoms with E-state index >= 15 is 0 Å². The van der Waals surface area contributed by atoms with Crippen molar-refractivity contribution in [1.82, 2.24) is 10.3 Å². The lowest BCUT2D eigenvalue weighted by Crippen LogP contribution is -2.26. The molecule has 0 aliphatic carbocycles. The Bertz CT molecular complexity index is 678. The first-order chi connectivity index (χ1) is 11.1. The van der Waals surface area contributed by atoms with Crippen molar-refractivity contribution in [1.29, 1.82) is 0 Å². The van der Waals surface area contributed by atoms with Crippen LogP contribution in [0.2, 0.25) is 0 Å². The van der Waals surface area contributed by atoms with Crippen molar-refractivity contribution in [3.05, 3.63) is 30.0 Å². The number of methoxy groups -OCH3 is 1. The van der Waals surface area contributed by atoms with Gasteiger partial charge in [0.1, 0.15) is 5.75 Å². The average molecular weight is 318 g/mol. The van der Waals surface area contributed by atoms with Crippen LogP contribution in [0.1, 0.15) is 31.2 Å². The third-order valence-corrected chi connectivity index (χ3v) is 3.71. The molecule has 1 amide bonds. The number of carbonyl (C=O) groups excluding carboxylic acids is 1. The Balaban J connectivity index is 1.83. The lowest BCUT2D eigenvalue weighted by molar-refractivity contribution is -0.137. The van der Waals surface area contributed by atoms with Crippen molar-refractivity contribution in [3.63, 3.8) is 0 Å². The van der Waals surface area contributed by atoms with E-state index in [2.05, 4.69) is 10.3 Å². The molecule has 0 saturated heterocycles. The van der Waals surface area contributed by atoms with Crippen LogP contribution in [0.15, 0.2) is 24.4 Å². The van der Waals surface area contributed by atoms with Gasteiger partial charge in [-0.1, -0.05) is 12.5 Å². The van der Waals surface area contributed by atoms with Crippen LogP contribution in [0, 0.1) is 0 Å². The van der Waals surface area contributed by atoms with Gasteiger partial charge in [-0.15, -0.1) is 0 Å². The fraction of sp³-hybridized carbons (Fsp3) is 0.412. The van der Waals surface area contributed by atoms with Gasteiger partial charge in [0.2, 0.25) is 5.91 Å². The zero-order chi connectivity index (χ0) is 16.7. The summed E-state index contributed by atoms with van der Waals surface area (Å²) in [7, 11) is 1.61. The first-order valence-corrected chi connectivity index (χ1v) is 7.73. The van der Waals surface area contributed by atoms with E-state index in [0.29, 0.717) is 13.0 Å². The topological polar surface area (TPSA) is 91.4 Å². The van der Waals surface area contributed by atoms with E-state index in [1.165, 1.54) is 0 Å². The van der Waals surface area contributed by atoms with Gasteiger partial charge in [-0.2, -0.15) is 0 Å². The highest BCUT2D eigenvalue weighted by atomic mass is 16.5. The summed E-state index contributed by atoms with van der Waals surface area (Å²) in [5, 5.41) is 12.4. The summed E-state index contributed by atoms with van der Waals surface area (Å²) in [4.78, 5) is 25.6. The number of hydrogen-bond acceptors (Lipinski definition) is 3. The number of fused-ring (bicyclic) bond motifs is 1. The maximum Gasteiger partial charge on any atom is 0.303 e. The highest BCUT2D eigenvalue weighted by molar-refractivity contribution is 5.93. The normalized spacial score (nSPS) is 10.7. The standard InChI is InChI=1S/C17H22N2O4/c1-23-14-7-5-6-13-17(14)12(11-19-13)10-15(20)18-9-4-2-3-8-16(21)22/h5-7,11,19H,2-4,8-10H2,1H3,(H,18,20)(H,21,22). The summed E-state index contributed by atoms with van der Waals surface area (Å²) in [6, 6.07) is 5.72. The molecule has 0 aliphatic rings. The number of H-pyrrole nitrogens is 1. The molecule has 0 saturated carbocycles. The third kappa shape index (κ3) is 4.74. The number of ether oxygens (including phenoxy) is 1. The molecule has 0 spiro atoms. The van der Waals surface area contributed by atoms with Crippen LogP contribution in [-0.2, 0) is 16.0 Å². The Morgan fingerprint density at radius 1 is 1.26 bits per heavy atom. The highest BCUT2D eigenvalue weighted by Crippen LogP contribution is 2.28. The summed E-state index contributed by atoms with van der Waals surface area (Å²) >= 11 is 0. The van der Waals surface area contributed by atoms with E-state index in [1.807, 2.05) is 24.4 Å². The second-order valence-electron chi connectivity index (χ2n) is 5.43. The molecule has 0 fully saturated rings. The summed E-state index contributed by atoms with van der Waals surface area (Å²) < 4.78 is 5.35. The molecule has 1 aromatic carbocycles. The Labute approximate surface area is 134 Å². The van der Waals surface area contributed by atoms with Gasteiger partial charge >= 0.3 is 5.97 Å². The predicted octanol–water partition coefficient (Wildman–Crippen LogP) is 2.48. The monoisotopic (exact) mass is 318 g/mol. The van der Waals surface area contributed by atoms with Crippen LogP contribution in [0.25, 0.3) is 10.9 Å².